The molecule has 0 spiro atoms. The van der Waals surface area contributed by atoms with Crippen molar-refractivity contribution < 1.29 is 9.53 Å². The second kappa shape index (κ2) is 11.2. The fraction of sp³-hybridized carbons (Fsp3) is 0.417. The second-order valence-electron chi connectivity index (χ2n) is 7.62. The molecule has 0 unspecified atom stereocenters. The minimum atomic E-state index is 0.0935. The van der Waals surface area contributed by atoms with E-state index >= 15 is 0 Å². The molecule has 1 heterocycles. The summed E-state index contributed by atoms with van der Waals surface area (Å²) in [6, 6.07) is 16.5. The molecule has 7 nitrogen and oxygen atoms in total. The van der Waals surface area contributed by atoms with Crippen LogP contribution < -0.4 is 20.3 Å². The topological polar surface area (TPSA) is 69.2 Å². The summed E-state index contributed by atoms with van der Waals surface area (Å²) in [6.07, 6.45) is 0.806. The number of nitrogens with zero attached hydrogens (tertiary/aromatic N) is 3. The predicted molar refractivity (Wildman–Crippen MR) is 126 cm³/mol. The molecular formula is C24H33N5O2. The van der Waals surface area contributed by atoms with Crippen LogP contribution in [0.2, 0.25) is 0 Å². The quantitative estimate of drug-likeness (QED) is 0.527. The molecule has 0 aliphatic carbocycles. The Morgan fingerprint density at radius 1 is 1.06 bits per heavy atom. The van der Waals surface area contributed by atoms with Crippen molar-refractivity contribution in [3.63, 3.8) is 0 Å². The summed E-state index contributed by atoms with van der Waals surface area (Å²) in [4.78, 5) is 21.1. The van der Waals surface area contributed by atoms with E-state index in [9.17, 15) is 4.79 Å². The molecule has 1 aliphatic rings. The highest BCUT2D eigenvalue weighted by molar-refractivity contribution is 5.86. The van der Waals surface area contributed by atoms with Crippen LogP contribution >= 0.6 is 0 Å². The van der Waals surface area contributed by atoms with E-state index in [1.807, 2.05) is 35.2 Å². The molecule has 7 heteroatoms. The maximum Gasteiger partial charge on any atom is 0.242 e. The third-order valence-electron chi connectivity index (χ3n) is 5.51. The lowest BCUT2D eigenvalue weighted by Crippen LogP contribution is -2.52. The molecule has 0 aromatic heterocycles. The lowest BCUT2D eigenvalue weighted by atomic mass is 10.1. The van der Waals surface area contributed by atoms with Gasteiger partial charge in [-0.2, -0.15) is 0 Å². The highest BCUT2D eigenvalue weighted by Gasteiger charge is 2.21. The molecule has 0 atom stereocenters. The average Bonchev–Trinajstić information content (AvgIpc) is 2.82. The van der Waals surface area contributed by atoms with Crippen LogP contribution in [0, 0.1) is 6.92 Å². The zero-order chi connectivity index (χ0) is 22.1. The Balaban J connectivity index is 1.40. The number of aryl methyl sites for hydroxylation is 1. The van der Waals surface area contributed by atoms with E-state index in [0.717, 1.165) is 43.9 Å². The number of piperazine rings is 1. The molecule has 1 amide bonds. The average molecular weight is 424 g/mol. The molecule has 1 saturated heterocycles. The number of nitrogens with one attached hydrogen (secondary N) is 2. The normalized spacial score (nSPS) is 14.4. The number of anilines is 1. The van der Waals surface area contributed by atoms with Gasteiger partial charge in [0, 0.05) is 45.5 Å². The minimum absolute atomic E-state index is 0.0935. The van der Waals surface area contributed by atoms with Gasteiger partial charge in [-0.15, -0.1) is 0 Å². The van der Waals surface area contributed by atoms with Crippen molar-refractivity contribution in [1.29, 1.82) is 0 Å². The minimum Gasteiger partial charge on any atom is -0.496 e. The Morgan fingerprint density at radius 3 is 2.48 bits per heavy atom. The molecule has 0 saturated carbocycles. The molecule has 2 aromatic carbocycles. The van der Waals surface area contributed by atoms with Gasteiger partial charge in [0.2, 0.25) is 5.91 Å². The summed E-state index contributed by atoms with van der Waals surface area (Å²) in [5, 5.41) is 6.42. The van der Waals surface area contributed by atoms with Crippen LogP contribution in [0.15, 0.2) is 53.5 Å². The molecule has 1 fully saturated rings. The summed E-state index contributed by atoms with van der Waals surface area (Å²) in [5.74, 6) is 1.61. The number of amides is 1. The molecule has 3 rings (SSSR count). The van der Waals surface area contributed by atoms with Crippen molar-refractivity contribution in [2.75, 3.05) is 58.3 Å². The largest absolute Gasteiger partial charge is 0.496 e. The van der Waals surface area contributed by atoms with Crippen molar-refractivity contribution in [2.24, 2.45) is 4.99 Å². The highest BCUT2D eigenvalue weighted by atomic mass is 16.5. The van der Waals surface area contributed by atoms with Crippen LogP contribution in [0.5, 0.6) is 5.75 Å². The zero-order valence-electron chi connectivity index (χ0n) is 18.7. The van der Waals surface area contributed by atoms with E-state index < -0.39 is 0 Å². The first-order chi connectivity index (χ1) is 15.1. The molecular weight excluding hydrogens is 390 g/mol. The summed E-state index contributed by atoms with van der Waals surface area (Å²) < 4.78 is 5.44. The molecule has 166 valence electrons. The third kappa shape index (κ3) is 6.38. The lowest BCUT2D eigenvalue weighted by molar-refractivity contribution is -0.130. The van der Waals surface area contributed by atoms with Crippen LogP contribution in [0.25, 0.3) is 0 Å². The van der Waals surface area contributed by atoms with Crippen molar-refractivity contribution >= 4 is 17.6 Å². The molecule has 2 aromatic rings. The van der Waals surface area contributed by atoms with Gasteiger partial charge in [-0.25, -0.2) is 0 Å². The standard InChI is InChI=1S/C24H33N5O2/c1-19-9-10-22(31-3)20(17-19)11-12-26-24(25-2)27-18-23(30)29-15-13-28(14-16-29)21-7-5-4-6-8-21/h4-10,17H,11-16,18H2,1-3H3,(H2,25,26,27). The van der Waals surface area contributed by atoms with Gasteiger partial charge in [-0.3, -0.25) is 9.79 Å². The number of carbonyl (C=O) groups is 1. The lowest BCUT2D eigenvalue weighted by Gasteiger charge is -2.36. The summed E-state index contributed by atoms with van der Waals surface area (Å²) in [6.45, 7) is 6.16. The smallest absolute Gasteiger partial charge is 0.242 e. The zero-order valence-corrected chi connectivity index (χ0v) is 18.7. The number of guanidine groups is 1. The number of para-hydroxylation sites is 1. The maximum atomic E-state index is 12.6. The number of hydrogen-bond donors (Lipinski definition) is 2. The van der Waals surface area contributed by atoms with Gasteiger partial charge in [0.1, 0.15) is 5.75 Å². The fourth-order valence-electron chi connectivity index (χ4n) is 3.76. The molecule has 2 N–H and O–H groups in total. The number of hydrogen-bond acceptors (Lipinski definition) is 4. The Kier molecular flexibility index (Phi) is 8.15. The van der Waals surface area contributed by atoms with Gasteiger partial charge in [0.15, 0.2) is 5.96 Å². The van der Waals surface area contributed by atoms with Gasteiger partial charge in [0.25, 0.3) is 0 Å². The van der Waals surface area contributed by atoms with E-state index in [-0.39, 0.29) is 12.5 Å². The van der Waals surface area contributed by atoms with E-state index in [1.165, 1.54) is 11.3 Å². The predicted octanol–water partition coefficient (Wildman–Crippen LogP) is 2.06. The first-order valence-electron chi connectivity index (χ1n) is 10.8. The molecule has 1 aliphatic heterocycles. The summed E-state index contributed by atoms with van der Waals surface area (Å²) >= 11 is 0. The van der Waals surface area contributed by atoms with Gasteiger partial charge < -0.3 is 25.2 Å². The fourth-order valence-corrected chi connectivity index (χ4v) is 3.76. The van der Waals surface area contributed by atoms with Crippen LogP contribution in [0.3, 0.4) is 0 Å². The van der Waals surface area contributed by atoms with E-state index in [1.54, 1.807) is 14.2 Å². The summed E-state index contributed by atoms with van der Waals surface area (Å²) in [5.41, 5.74) is 3.57. The van der Waals surface area contributed by atoms with Crippen LogP contribution in [-0.4, -0.2) is 70.2 Å². The number of ether oxygens (including phenoxy) is 1. The molecule has 0 bridgehead atoms. The highest BCUT2D eigenvalue weighted by Crippen LogP contribution is 2.19. The van der Waals surface area contributed by atoms with Crippen LogP contribution in [0.1, 0.15) is 11.1 Å². The number of methoxy groups -OCH3 is 1. The van der Waals surface area contributed by atoms with Gasteiger partial charge in [0.05, 0.1) is 13.7 Å². The number of rotatable bonds is 7. The Labute approximate surface area is 185 Å². The monoisotopic (exact) mass is 423 g/mol. The van der Waals surface area contributed by atoms with Crippen LogP contribution in [0.4, 0.5) is 5.69 Å². The molecule has 31 heavy (non-hydrogen) atoms. The Bertz CT molecular complexity index is 877. The number of aliphatic imine (C=N–C) groups is 1. The maximum absolute atomic E-state index is 12.6. The second-order valence-corrected chi connectivity index (χ2v) is 7.62. The van der Waals surface area contributed by atoms with E-state index in [4.69, 9.17) is 4.74 Å². The SMILES string of the molecule is CN=C(NCCc1cc(C)ccc1OC)NCC(=O)N1CCN(c2ccccc2)CC1. The summed E-state index contributed by atoms with van der Waals surface area (Å²) in [7, 11) is 3.40. The van der Waals surface area contributed by atoms with Gasteiger partial charge in [-0.05, 0) is 37.1 Å². The van der Waals surface area contributed by atoms with Crippen LogP contribution in [-0.2, 0) is 11.2 Å². The first kappa shape index (κ1) is 22.5. The van der Waals surface area contributed by atoms with Gasteiger partial charge >= 0.3 is 0 Å². The van der Waals surface area contributed by atoms with E-state index in [2.05, 4.69) is 45.6 Å². The molecule has 0 radical (unpaired) electrons. The first-order valence-corrected chi connectivity index (χ1v) is 10.8. The third-order valence-corrected chi connectivity index (χ3v) is 5.51. The van der Waals surface area contributed by atoms with Gasteiger partial charge in [-0.1, -0.05) is 35.9 Å². The Morgan fingerprint density at radius 2 is 1.81 bits per heavy atom. The number of benzene rings is 2. The van der Waals surface area contributed by atoms with Crippen molar-refractivity contribution in [2.45, 2.75) is 13.3 Å². The van der Waals surface area contributed by atoms with Crippen molar-refractivity contribution in [3.8, 4) is 5.75 Å². The van der Waals surface area contributed by atoms with E-state index in [0.29, 0.717) is 12.5 Å². The Hall–Kier alpha value is -3.22. The van der Waals surface area contributed by atoms with Crippen molar-refractivity contribution in [3.05, 3.63) is 59.7 Å². The van der Waals surface area contributed by atoms with Crippen molar-refractivity contribution in [1.82, 2.24) is 15.5 Å². The number of carbonyl (C=O) groups excluding carboxylic acids is 1.